The molecule has 14 heavy (non-hydrogen) atoms. The molecule has 78 valence electrons. The highest BCUT2D eigenvalue weighted by Gasteiger charge is 2.50. The van der Waals surface area contributed by atoms with Crippen LogP contribution in [-0.2, 0) is 5.60 Å². The minimum Gasteiger partial charge on any atom is -0.385 e. The number of thiophene rings is 1. The minimum atomic E-state index is -0.599. The van der Waals surface area contributed by atoms with Gasteiger partial charge in [-0.1, -0.05) is 13.8 Å². The van der Waals surface area contributed by atoms with Gasteiger partial charge in [0.1, 0.15) is 0 Å². The first-order chi connectivity index (χ1) is 6.59. The van der Waals surface area contributed by atoms with Crippen LogP contribution in [0.1, 0.15) is 32.3 Å². The molecule has 0 radical (unpaired) electrons. The van der Waals surface area contributed by atoms with Crippen molar-refractivity contribution in [3.8, 4) is 0 Å². The van der Waals surface area contributed by atoms with Crippen molar-refractivity contribution in [3.05, 3.63) is 20.8 Å². The fraction of sp³-hybridized carbons (Fsp3) is 0.636. The van der Waals surface area contributed by atoms with Gasteiger partial charge in [0.2, 0.25) is 0 Å². The van der Waals surface area contributed by atoms with Crippen molar-refractivity contribution >= 4 is 27.3 Å². The number of aliphatic hydroxyl groups is 1. The first kappa shape index (κ1) is 10.7. The zero-order valence-electron chi connectivity index (χ0n) is 8.46. The smallest absolute Gasteiger partial charge is 0.0943 e. The number of halogens is 1. The number of hydrogen-bond acceptors (Lipinski definition) is 2. The van der Waals surface area contributed by atoms with Crippen molar-refractivity contribution in [3.63, 3.8) is 0 Å². The lowest BCUT2D eigenvalue weighted by Crippen LogP contribution is -2.28. The van der Waals surface area contributed by atoms with E-state index < -0.39 is 5.60 Å². The lowest BCUT2D eigenvalue weighted by molar-refractivity contribution is 0.00412. The third-order valence-corrected chi connectivity index (χ3v) is 5.05. The molecular formula is C11H15BrOS. The number of hydrogen-bond donors (Lipinski definition) is 1. The van der Waals surface area contributed by atoms with Crippen molar-refractivity contribution in [2.45, 2.75) is 32.3 Å². The predicted octanol–water partition coefficient (Wildman–Crippen LogP) is 3.76. The third-order valence-electron chi connectivity index (χ3n) is 3.34. The van der Waals surface area contributed by atoms with Gasteiger partial charge in [-0.25, -0.2) is 0 Å². The van der Waals surface area contributed by atoms with E-state index in [-0.39, 0.29) is 0 Å². The van der Waals surface area contributed by atoms with Gasteiger partial charge in [0.25, 0.3) is 0 Å². The molecular weight excluding hydrogens is 260 g/mol. The summed E-state index contributed by atoms with van der Waals surface area (Å²) < 4.78 is 1.06. The summed E-state index contributed by atoms with van der Waals surface area (Å²) in [6, 6.07) is 0. The minimum absolute atomic E-state index is 0.457. The summed E-state index contributed by atoms with van der Waals surface area (Å²) in [5.41, 5.74) is 0.484. The van der Waals surface area contributed by atoms with Gasteiger partial charge in [0.15, 0.2) is 0 Å². The van der Waals surface area contributed by atoms with E-state index in [2.05, 4.69) is 35.2 Å². The Morgan fingerprint density at radius 1 is 1.64 bits per heavy atom. The zero-order valence-corrected chi connectivity index (χ0v) is 10.9. The fourth-order valence-corrected chi connectivity index (χ4v) is 3.95. The largest absolute Gasteiger partial charge is 0.385 e. The Balaban J connectivity index is 2.33. The van der Waals surface area contributed by atoms with Crippen LogP contribution in [0.25, 0.3) is 0 Å². The maximum Gasteiger partial charge on any atom is 0.0943 e. The molecule has 1 heterocycles. The summed E-state index contributed by atoms with van der Waals surface area (Å²) in [5, 5.41) is 14.8. The molecule has 3 atom stereocenters. The monoisotopic (exact) mass is 274 g/mol. The molecule has 0 aliphatic heterocycles. The Morgan fingerprint density at radius 2 is 2.29 bits per heavy atom. The molecule has 1 N–H and O–H groups in total. The highest BCUT2D eigenvalue weighted by atomic mass is 79.9. The lowest BCUT2D eigenvalue weighted by Gasteiger charge is -2.27. The quantitative estimate of drug-likeness (QED) is 0.890. The lowest BCUT2D eigenvalue weighted by atomic mass is 9.87. The third kappa shape index (κ3) is 1.55. The van der Waals surface area contributed by atoms with Crippen molar-refractivity contribution < 1.29 is 5.11 Å². The second-order valence-corrected chi connectivity index (χ2v) is 5.83. The van der Waals surface area contributed by atoms with Gasteiger partial charge in [-0.3, -0.25) is 0 Å². The molecule has 0 amide bonds. The van der Waals surface area contributed by atoms with Crippen LogP contribution in [0, 0.1) is 11.8 Å². The van der Waals surface area contributed by atoms with Crippen LogP contribution in [0.2, 0.25) is 0 Å². The average molecular weight is 275 g/mol. The van der Waals surface area contributed by atoms with Crippen LogP contribution < -0.4 is 0 Å². The highest BCUT2D eigenvalue weighted by Crippen LogP contribution is 2.53. The van der Waals surface area contributed by atoms with Gasteiger partial charge in [-0.05, 0) is 46.0 Å². The van der Waals surface area contributed by atoms with E-state index in [0.717, 1.165) is 22.9 Å². The van der Waals surface area contributed by atoms with Gasteiger partial charge >= 0.3 is 0 Å². The van der Waals surface area contributed by atoms with E-state index >= 15 is 0 Å². The maximum absolute atomic E-state index is 10.6. The van der Waals surface area contributed by atoms with E-state index in [1.54, 1.807) is 11.3 Å². The predicted molar refractivity (Wildman–Crippen MR) is 63.5 cm³/mol. The van der Waals surface area contributed by atoms with Gasteiger partial charge in [-0.15, -0.1) is 0 Å². The molecule has 0 spiro atoms. The van der Waals surface area contributed by atoms with Gasteiger partial charge in [-0.2, -0.15) is 11.3 Å². The molecule has 1 aliphatic carbocycles. The van der Waals surface area contributed by atoms with Crippen LogP contribution in [0.5, 0.6) is 0 Å². The first-order valence-corrected chi connectivity index (χ1v) is 6.77. The Hall–Kier alpha value is 0.140. The van der Waals surface area contributed by atoms with Gasteiger partial charge in [0, 0.05) is 15.4 Å². The molecule has 1 saturated carbocycles. The van der Waals surface area contributed by atoms with E-state index in [1.165, 1.54) is 0 Å². The molecule has 3 heteroatoms. The molecule has 1 aromatic rings. The van der Waals surface area contributed by atoms with Crippen molar-refractivity contribution in [1.29, 1.82) is 0 Å². The second kappa shape index (κ2) is 3.62. The number of rotatable bonds is 3. The summed E-state index contributed by atoms with van der Waals surface area (Å²) in [6.45, 7) is 4.28. The average Bonchev–Trinajstić information content (AvgIpc) is 2.74. The van der Waals surface area contributed by atoms with E-state index in [1.807, 2.05) is 5.38 Å². The van der Waals surface area contributed by atoms with Gasteiger partial charge < -0.3 is 5.11 Å². The normalized spacial score (nSPS) is 30.0. The summed E-state index contributed by atoms with van der Waals surface area (Å²) in [7, 11) is 0. The molecule has 0 aromatic carbocycles. The molecule has 1 aliphatic rings. The van der Waals surface area contributed by atoms with Crippen LogP contribution in [0.15, 0.2) is 15.2 Å². The standard InChI is InChI=1S/C11H15BrOS/c1-3-11(13,8-4-7(8)2)9-5-14-6-10(9)12/h5-8,13H,3-4H2,1-2H3. The summed E-state index contributed by atoms with van der Waals surface area (Å²) in [6.07, 6.45) is 1.96. The molecule has 0 saturated heterocycles. The molecule has 3 unspecified atom stereocenters. The Bertz CT molecular complexity index is 336. The van der Waals surface area contributed by atoms with E-state index in [0.29, 0.717) is 11.8 Å². The Kier molecular flexibility index (Phi) is 2.75. The van der Waals surface area contributed by atoms with Crippen molar-refractivity contribution in [1.82, 2.24) is 0 Å². The van der Waals surface area contributed by atoms with Crippen LogP contribution in [0.4, 0.5) is 0 Å². The Morgan fingerprint density at radius 3 is 2.64 bits per heavy atom. The van der Waals surface area contributed by atoms with E-state index in [4.69, 9.17) is 0 Å². The topological polar surface area (TPSA) is 20.2 Å². The second-order valence-electron chi connectivity index (χ2n) is 4.23. The van der Waals surface area contributed by atoms with E-state index in [9.17, 15) is 5.11 Å². The molecule has 1 nitrogen and oxygen atoms in total. The molecule has 1 fully saturated rings. The van der Waals surface area contributed by atoms with Gasteiger partial charge in [0.05, 0.1) is 5.60 Å². The maximum atomic E-state index is 10.6. The van der Waals surface area contributed by atoms with Crippen LogP contribution in [0.3, 0.4) is 0 Å². The van der Waals surface area contributed by atoms with Crippen LogP contribution in [-0.4, -0.2) is 5.11 Å². The Labute approximate surface area is 97.3 Å². The molecule has 2 rings (SSSR count). The molecule has 0 bridgehead atoms. The summed E-state index contributed by atoms with van der Waals surface area (Å²) in [4.78, 5) is 0. The SMILES string of the molecule is CCC(O)(c1cscc1Br)C1CC1C. The summed E-state index contributed by atoms with van der Waals surface area (Å²) in [5.74, 6) is 1.13. The fourth-order valence-electron chi connectivity index (χ4n) is 2.23. The van der Waals surface area contributed by atoms with Crippen molar-refractivity contribution in [2.75, 3.05) is 0 Å². The summed E-state index contributed by atoms with van der Waals surface area (Å²) >= 11 is 5.16. The van der Waals surface area contributed by atoms with Crippen molar-refractivity contribution in [2.24, 2.45) is 11.8 Å². The highest BCUT2D eigenvalue weighted by molar-refractivity contribution is 9.10. The molecule has 1 aromatic heterocycles. The zero-order chi connectivity index (χ0) is 10.3. The first-order valence-electron chi connectivity index (χ1n) is 5.04. The van der Waals surface area contributed by atoms with Crippen LogP contribution >= 0.6 is 27.3 Å².